The summed E-state index contributed by atoms with van der Waals surface area (Å²) in [6, 6.07) is 5.22. The quantitative estimate of drug-likeness (QED) is 0.790. The van der Waals surface area contributed by atoms with Crippen molar-refractivity contribution in [3.05, 3.63) is 29.8 Å². The second-order valence-electron chi connectivity index (χ2n) is 4.77. The van der Waals surface area contributed by atoms with E-state index < -0.39 is 12.5 Å². The first kappa shape index (κ1) is 19.0. The summed E-state index contributed by atoms with van der Waals surface area (Å²) in [5.74, 6) is 0.0177. The van der Waals surface area contributed by atoms with Gasteiger partial charge in [-0.25, -0.2) is 0 Å². The minimum atomic E-state index is -4.50. The Bertz CT molecular complexity index is 415. The summed E-state index contributed by atoms with van der Waals surface area (Å²) in [6.45, 7) is 3.95. The standard InChI is InChI=1S/C13H17F4NO.ClH/c1-8(2)6-11(18)9-4-3-5-10(7-9)19-13(16,17)12(14)15;/h3-5,7-8,11-12H,6,18H2,1-2H3;1H/t11-;/m1./s1. The summed E-state index contributed by atoms with van der Waals surface area (Å²) in [5, 5.41) is 0. The Morgan fingerprint density at radius 1 is 1.25 bits per heavy atom. The lowest BCUT2D eigenvalue weighted by Crippen LogP contribution is -2.33. The van der Waals surface area contributed by atoms with Crippen LogP contribution in [0.3, 0.4) is 0 Å². The molecule has 116 valence electrons. The predicted octanol–water partition coefficient (Wildman–Crippen LogP) is 4.39. The molecule has 2 nitrogen and oxygen atoms in total. The SMILES string of the molecule is CC(C)C[C@@H](N)c1cccc(OC(F)(F)C(F)F)c1.Cl. The van der Waals surface area contributed by atoms with Gasteiger partial charge in [0.25, 0.3) is 0 Å². The Balaban J connectivity index is 0.00000361. The summed E-state index contributed by atoms with van der Waals surface area (Å²) in [7, 11) is 0. The van der Waals surface area contributed by atoms with Crippen molar-refractivity contribution >= 4 is 12.4 Å². The molecule has 1 aromatic carbocycles. The van der Waals surface area contributed by atoms with Gasteiger partial charge in [0.15, 0.2) is 0 Å². The number of hydrogen-bond donors (Lipinski definition) is 1. The molecule has 0 aliphatic rings. The molecular formula is C13H18ClF4NO. The van der Waals surface area contributed by atoms with E-state index in [1.54, 1.807) is 6.07 Å². The van der Waals surface area contributed by atoms with Gasteiger partial charge in [0.2, 0.25) is 0 Å². The van der Waals surface area contributed by atoms with E-state index in [4.69, 9.17) is 5.73 Å². The maximum absolute atomic E-state index is 12.8. The molecule has 1 rings (SSSR count). The molecule has 0 fully saturated rings. The Hall–Kier alpha value is -1.01. The van der Waals surface area contributed by atoms with Gasteiger partial charge in [-0.1, -0.05) is 26.0 Å². The van der Waals surface area contributed by atoms with Crippen molar-refractivity contribution in [1.29, 1.82) is 0 Å². The fraction of sp³-hybridized carbons (Fsp3) is 0.538. The number of rotatable bonds is 6. The third-order valence-electron chi connectivity index (χ3n) is 2.52. The van der Waals surface area contributed by atoms with E-state index in [1.807, 2.05) is 13.8 Å². The van der Waals surface area contributed by atoms with E-state index in [0.717, 1.165) is 0 Å². The fourth-order valence-corrected chi connectivity index (χ4v) is 1.65. The van der Waals surface area contributed by atoms with E-state index >= 15 is 0 Å². The van der Waals surface area contributed by atoms with Gasteiger partial charge in [-0.05, 0) is 30.0 Å². The van der Waals surface area contributed by atoms with Crippen LogP contribution in [0.2, 0.25) is 0 Å². The van der Waals surface area contributed by atoms with Gasteiger partial charge >= 0.3 is 12.5 Å². The molecule has 0 saturated carbocycles. The van der Waals surface area contributed by atoms with Gasteiger partial charge in [-0.2, -0.15) is 17.6 Å². The van der Waals surface area contributed by atoms with Gasteiger partial charge in [0, 0.05) is 6.04 Å². The fourth-order valence-electron chi connectivity index (χ4n) is 1.65. The molecule has 1 aromatic rings. The van der Waals surface area contributed by atoms with Crippen molar-refractivity contribution in [3.63, 3.8) is 0 Å². The maximum Gasteiger partial charge on any atom is 0.461 e. The number of alkyl halides is 4. The van der Waals surface area contributed by atoms with Crippen LogP contribution in [0, 0.1) is 5.92 Å². The van der Waals surface area contributed by atoms with Gasteiger partial charge < -0.3 is 10.5 Å². The normalized spacial score (nSPS) is 13.2. The first-order chi connectivity index (χ1) is 8.72. The van der Waals surface area contributed by atoms with Crippen molar-refractivity contribution in [1.82, 2.24) is 0 Å². The first-order valence-corrected chi connectivity index (χ1v) is 5.93. The molecule has 0 unspecified atom stereocenters. The van der Waals surface area contributed by atoms with Crippen LogP contribution in [-0.4, -0.2) is 12.5 Å². The number of benzene rings is 1. The Labute approximate surface area is 121 Å². The summed E-state index contributed by atoms with van der Waals surface area (Å²) >= 11 is 0. The van der Waals surface area contributed by atoms with Crippen LogP contribution >= 0.6 is 12.4 Å². The van der Waals surface area contributed by atoms with Crippen molar-refractivity contribution in [2.24, 2.45) is 11.7 Å². The topological polar surface area (TPSA) is 35.2 Å². The molecule has 1 atom stereocenters. The minimum absolute atomic E-state index is 0. The van der Waals surface area contributed by atoms with Crippen LogP contribution in [0.1, 0.15) is 31.9 Å². The van der Waals surface area contributed by atoms with Crippen LogP contribution < -0.4 is 10.5 Å². The number of hydrogen-bond acceptors (Lipinski definition) is 2. The number of ether oxygens (including phenoxy) is 1. The number of halogens is 5. The molecule has 0 radical (unpaired) electrons. The molecule has 0 aliphatic carbocycles. The molecule has 7 heteroatoms. The highest BCUT2D eigenvalue weighted by molar-refractivity contribution is 5.85. The summed E-state index contributed by atoms with van der Waals surface area (Å²) in [4.78, 5) is 0. The highest BCUT2D eigenvalue weighted by Crippen LogP contribution is 2.29. The predicted molar refractivity (Wildman–Crippen MR) is 71.7 cm³/mol. The smallest absolute Gasteiger partial charge is 0.428 e. The molecule has 0 aromatic heterocycles. The van der Waals surface area contributed by atoms with Crippen LogP contribution in [-0.2, 0) is 0 Å². The van der Waals surface area contributed by atoms with Gasteiger partial charge in [0.05, 0.1) is 0 Å². The van der Waals surface area contributed by atoms with E-state index in [1.165, 1.54) is 18.2 Å². The van der Waals surface area contributed by atoms with E-state index in [-0.39, 0.29) is 24.2 Å². The van der Waals surface area contributed by atoms with Crippen molar-refractivity contribution in [2.75, 3.05) is 0 Å². The zero-order chi connectivity index (χ0) is 14.6. The highest BCUT2D eigenvalue weighted by Gasteiger charge is 2.43. The van der Waals surface area contributed by atoms with Crippen LogP contribution in [0.25, 0.3) is 0 Å². The Kier molecular flexibility index (Phi) is 7.30. The summed E-state index contributed by atoms with van der Waals surface area (Å²) in [6.07, 6.45) is -7.71. The second kappa shape index (κ2) is 7.69. The molecule has 0 heterocycles. The molecule has 0 amide bonds. The summed E-state index contributed by atoms with van der Waals surface area (Å²) in [5.41, 5.74) is 6.48. The Morgan fingerprint density at radius 2 is 1.85 bits per heavy atom. The van der Waals surface area contributed by atoms with E-state index in [9.17, 15) is 17.6 Å². The lowest BCUT2D eigenvalue weighted by atomic mass is 9.98. The van der Waals surface area contributed by atoms with Crippen LogP contribution in [0.15, 0.2) is 24.3 Å². The molecule has 20 heavy (non-hydrogen) atoms. The van der Waals surface area contributed by atoms with E-state index in [0.29, 0.717) is 17.9 Å². The molecule has 0 bridgehead atoms. The molecular weight excluding hydrogens is 298 g/mol. The third kappa shape index (κ3) is 5.54. The van der Waals surface area contributed by atoms with Crippen LogP contribution in [0.4, 0.5) is 17.6 Å². The first-order valence-electron chi connectivity index (χ1n) is 5.93. The van der Waals surface area contributed by atoms with Gasteiger partial charge in [0.1, 0.15) is 5.75 Å². The zero-order valence-electron chi connectivity index (χ0n) is 11.2. The van der Waals surface area contributed by atoms with Crippen molar-refractivity contribution < 1.29 is 22.3 Å². The lowest BCUT2D eigenvalue weighted by Gasteiger charge is -2.19. The molecule has 0 spiro atoms. The Morgan fingerprint density at radius 3 is 2.35 bits per heavy atom. The molecule has 0 aliphatic heterocycles. The second-order valence-corrected chi connectivity index (χ2v) is 4.77. The van der Waals surface area contributed by atoms with Gasteiger partial charge in [-0.3, -0.25) is 0 Å². The maximum atomic E-state index is 12.8. The molecule has 2 N–H and O–H groups in total. The average molecular weight is 316 g/mol. The lowest BCUT2D eigenvalue weighted by molar-refractivity contribution is -0.253. The monoisotopic (exact) mass is 315 g/mol. The number of nitrogens with two attached hydrogens (primary N) is 1. The largest absolute Gasteiger partial charge is 0.461 e. The highest BCUT2D eigenvalue weighted by atomic mass is 35.5. The average Bonchev–Trinajstić information content (AvgIpc) is 2.27. The third-order valence-corrected chi connectivity index (χ3v) is 2.52. The van der Waals surface area contributed by atoms with Crippen molar-refractivity contribution in [2.45, 2.75) is 38.8 Å². The van der Waals surface area contributed by atoms with E-state index in [2.05, 4.69) is 4.74 Å². The summed E-state index contributed by atoms with van der Waals surface area (Å²) < 4.78 is 53.6. The van der Waals surface area contributed by atoms with Gasteiger partial charge in [-0.15, -0.1) is 12.4 Å². The molecule has 0 saturated heterocycles. The minimum Gasteiger partial charge on any atom is -0.428 e. The van der Waals surface area contributed by atoms with Crippen molar-refractivity contribution in [3.8, 4) is 5.75 Å². The zero-order valence-corrected chi connectivity index (χ0v) is 12.0. The van der Waals surface area contributed by atoms with Crippen LogP contribution in [0.5, 0.6) is 5.75 Å².